The molecule has 0 aromatic carbocycles. The van der Waals surface area contributed by atoms with Gasteiger partial charge in [-0.1, -0.05) is 19.9 Å². The van der Waals surface area contributed by atoms with E-state index in [9.17, 15) is 8.42 Å². The summed E-state index contributed by atoms with van der Waals surface area (Å²) in [7, 11) is -1.85. The van der Waals surface area contributed by atoms with Gasteiger partial charge in [0.2, 0.25) is 15.0 Å². The maximum atomic E-state index is 11.9. The fraction of sp³-hybridized carbons (Fsp3) is 0.636. The van der Waals surface area contributed by atoms with Crippen LogP contribution in [0.1, 0.15) is 32.1 Å². The Labute approximate surface area is 108 Å². The van der Waals surface area contributed by atoms with E-state index in [1.165, 1.54) is 10.6 Å². The average Bonchev–Trinajstić information content (AvgIpc) is 2.59. The fourth-order valence-electron chi connectivity index (χ4n) is 1.76. The minimum absolute atomic E-state index is 0.0587. The fourth-order valence-corrected chi connectivity index (χ4v) is 2.90. The number of sulfone groups is 1. The van der Waals surface area contributed by atoms with Crippen molar-refractivity contribution in [2.24, 2.45) is 18.7 Å². The van der Waals surface area contributed by atoms with Crippen molar-refractivity contribution in [2.75, 3.05) is 5.75 Å². The molecule has 1 rings (SSSR count). The summed E-state index contributed by atoms with van der Waals surface area (Å²) in [5.74, 6) is 0.745. The van der Waals surface area contributed by atoms with Gasteiger partial charge >= 0.3 is 0 Å². The van der Waals surface area contributed by atoms with Crippen molar-refractivity contribution in [3.63, 3.8) is 0 Å². The zero-order valence-corrected chi connectivity index (χ0v) is 11.8. The Hall–Kier alpha value is -1.21. The minimum atomic E-state index is -3.47. The van der Waals surface area contributed by atoms with Crippen LogP contribution in [0.4, 0.5) is 0 Å². The van der Waals surface area contributed by atoms with E-state index in [0.29, 0.717) is 11.7 Å². The van der Waals surface area contributed by atoms with Gasteiger partial charge in [-0.2, -0.15) is 0 Å². The monoisotopic (exact) mass is 272 g/mol. The minimum Gasteiger partial charge on any atom is -0.321 e. The van der Waals surface area contributed by atoms with Crippen molar-refractivity contribution in [3.8, 4) is 0 Å². The molecule has 1 aromatic rings. The molecule has 0 spiro atoms. The van der Waals surface area contributed by atoms with Gasteiger partial charge in [-0.05, 0) is 12.3 Å². The molecule has 2 N–H and O–H groups in total. The lowest BCUT2D eigenvalue weighted by atomic mass is 10.0. The Bertz CT molecular complexity index is 519. The van der Waals surface area contributed by atoms with Crippen LogP contribution in [0.5, 0.6) is 0 Å². The number of nitrogens with zero attached hydrogens (tertiary/aromatic N) is 3. The smallest absolute Gasteiger partial charge is 0.249 e. The topological polar surface area (TPSA) is 90.9 Å². The second-order valence-electron chi connectivity index (χ2n) is 4.71. The SMILES string of the molecule is C=CCS(=O)(=O)c1nnc([C@@H](N)CC(C)C)n1C. The summed E-state index contributed by atoms with van der Waals surface area (Å²) in [5, 5.41) is 7.56. The van der Waals surface area contributed by atoms with Crippen molar-refractivity contribution < 1.29 is 8.42 Å². The maximum Gasteiger partial charge on any atom is 0.249 e. The Balaban J connectivity index is 3.08. The molecular formula is C11H20N4O2S. The first-order chi connectivity index (χ1) is 8.29. The molecule has 0 saturated heterocycles. The van der Waals surface area contributed by atoms with Crippen LogP contribution in [0.15, 0.2) is 17.8 Å². The third kappa shape index (κ3) is 3.17. The summed E-state index contributed by atoms with van der Waals surface area (Å²) < 4.78 is 25.2. The van der Waals surface area contributed by atoms with Crippen LogP contribution in [-0.2, 0) is 16.9 Å². The van der Waals surface area contributed by atoms with Gasteiger partial charge in [0.05, 0.1) is 11.8 Å². The number of hydrogen-bond acceptors (Lipinski definition) is 5. The van der Waals surface area contributed by atoms with Crippen LogP contribution in [0.3, 0.4) is 0 Å². The highest BCUT2D eigenvalue weighted by molar-refractivity contribution is 7.91. The molecule has 0 saturated carbocycles. The van der Waals surface area contributed by atoms with Crippen LogP contribution in [0.2, 0.25) is 0 Å². The lowest BCUT2D eigenvalue weighted by Crippen LogP contribution is -2.19. The van der Waals surface area contributed by atoms with Gasteiger partial charge in [0.15, 0.2) is 5.82 Å². The second-order valence-corrected chi connectivity index (χ2v) is 6.63. The standard InChI is InChI=1S/C11H20N4O2S/c1-5-6-18(16,17)11-14-13-10(15(11)4)9(12)7-8(2)3/h5,8-9H,1,6-7,12H2,2-4H3/t9-/m0/s1. The molecule has 0 fully saturated rings. The second kappa shape index (κ2) is 5.62. The molecule has 1 aromatic heterocycles. The Morgan fingerprint density at radius 2 is 2.06 bits per heavy atom. The molecule has 0 radical (unpaired) electrons. The number of nitrogens with two attached hydrogens (primary N) is 1. The van der Waals surface area contributed by atoms with E-state index in [-0.39, 0.29) is 17.0 Å². The van der Waals surface area contributed by atoms with Gasteiger partial charge in [-0.15, -0.1) is 16.8 Å². The first kappa shape index (κ1) is 14.8. The number of aromatic nitrogens is 3. The van der Waals surface area contributed by atoms with Gasteiger partial charge in [0.1, 0.15) is 0 Å². The lowest BCUT2D eigenvalue weighted by molar-refractivity contribution is 0.479. The molecule has 0 amide bonds. The van der Waals surface area contributed by atoms with E-state index in [4.69, 9.17) is 5.73 Å². The maximum absolute atomic E-state index is 11.9. The summed E-state index contributed by atoms with van der Waals surface area (Å²) in [6.07, 6.45) is 2.06. The van der Waals surface area contributed by atoms with Crippen molar-refractivity contribution >= 4 is 9.84 Å². The Morgan fingerprint density at radius 1 is 1.44 bits per heavy atom. The summed E-state index contributed by atoms with van der Waals surface area (Å²) in [6.45, 7) is 7.52. The third-order valence-corrected chi connectivity index (χ3v) is 4.13. The highest BCUT2D eigenvalue weighted by atomic mass is 32.2. The first-order valence-electron chi connectivity index (χ1n) is 5.78. The number of hydrogen-bond donors (Lipinski definition) is 1. The van der Waals surface area contributed by atoms with Crippen LogP contribution in [0.25, 0.3) is 0 Å². The van der Waals surface area contributed by atoms with Crippen molar-refractivity contribution in [2.45, 2.75) is 31.5 Å². The summed E-state index contributed by atoms with van der Waals surface area (Å²) >= 11 is 0. The molecule has 0 unspecified atom stereocenters. The Kier molecular flexibility index (Phi) is 4.64. The van der Waals surface area contributed by atoms with Gasteiger partial charge in [0.25, 0.3) is 0 Å². The Morgan fingerprint density at radius 3 is 2.56 bits per heavy atom. The first-order valence-corrected chi connectivity index (χ1v) is 7.43. The molecule has 102 valence electrons. The molecule has 0 aliphatic carbocycles. The van der Waals surface area contributed by atoms with Crippen molar-refractivity contribution in [1.82, 2.24) is 14.8 Å². The van der Waals surface area contributed by atoms with Crippen molar-refractivity contribution in [1.29, 1.82) is 0 Å². The molecule has 0 aliphatic rings. The summed E-state index contributed by atoms with van der Waals surface area (Å²) in [5.41, 5.74) is 5.99. The van der Waals surface area contributed by atoms with Crippen LogP contribution in [0, 0.1) is 5.92 Å². The summed E-state index contributed by atoms with van der Waals surface area (Å²) in [6, 6.07) is -0.310. The molecule has 18 heavy (non-hydrogen) atoms. The van der Waals surface area contributed by atoms with Gasteiger partial charge in [-0.3, -0.25) is 0 Å². The highest BCUT2D eigenvalue weighted by Gasteiger charge is 2.24. The quantitative estimate of drug-likeness (QED) is 0.774. The molecule has 7 heteroatoms. The molecule has 0 bridgehead atoms. The predicted molar refractivity (Wildman–Crippen MR) is 69.6 cm³/mol. The van der Waals surface area contributed by atoms with Gasteiger partial charge in [0, 0.05) is 7.05 Å². The third-order valence-electron chi connectivity index (χ3n) is 2.54. The molecule has 6 nitrogen and oxygen atoms in total. The van der Waals surface area contributed by atoms with Crippen molar-refractivity contribution in [3.05, 3.63) is 18.5 Å². The van der Waals surface area contributed by atoms with E-state index < -0.39 is 9.84 Å². The molecule has 1 atom stereocenters. The van der Waals surface area contributed by atoms with E-state index in [0.717, 1.165) is 6.42 Å². The van der Waals surface area contributed by atoms with E-state index in [2.05, 4.69) is 16.8 Å². The van der Waals surface area contributed by atoms with Crippen LogP contribution >= 0.6 is 0 Å². The van der Waals surface area contributed by atoms with E-state index in [1.807, 2.05) is 13.8 Å². The lowest BCUT2D eigenvalue weighted by Gasteiger charge is -2.13. The predicted octanol–water partition coefficient (Wildman–Crippen LogP) is 0.821. The largest absolute Gasteiger partial charge is 0.321 e. The zero-order chi connectivity index (χ0) is 13.9. The molecule has 1 heterocycles. The van der Waals surface area contributed by atoms with Crippen LogP contribution < -0.4 is 5.73 Å². The van der Waals surface area contributed by atoms with Gasteiger partial charge in [-0.25, -0.2) is 8.42 Å². The summed E-state index contributed by atoms with van der Waals surface area (Å²) in [4.78, 5) is 0. The normalized spacial score (nSPS) is 13.8. The van der Waals surface area contributed by atoms with E-state index in [1.54, 1.807) is 7.05 Å². The highest BCUT2D eigenvalue weighted by Crippen LogP contribution is 2.19. The van der Waals surface area contributed by atoms with Crippen LogP contribution in [-0.4, -0.2) is 28.9 Å². The molecule has 0 aliphatic heterocycles. The average molecular weight is 272 g/mol. The molecular weight excluding hydrogens is 252 g/mol. The number of rotatable bonds is 6. The zero-order valence-electron chi connectivity index (χ0n) is 11.0. The van der Waals surface area contributed by atoms with Gasteiger partial charge < -0.3 is 10.3 Å². The van der Waals surface area contributed by atoms with E-state index >= 15 is 0 Å².